The van der Waals surface area contributed by atoms with Crippen LogP contribution in [0.3, 0.4) is 0 Å². The summed E-state index contributed by atoms with van der Waals surface area (Å²) >= 11 is 0. The van der Waals surface area contributed by atoms with Crippen molar-refractivity contribution in [3.63, 3.8) is 0 Å². The van der Waals surface area contributed by atoms with Gasteiger partial charge in [0.25, 0.3) is 0 Å². The summed E-state index contributed by atoms with van der Waals surface area (Å²) in [7, 11) is 0. The van der Waals surface area contributed by atoms with Crippen LogP contribution in [-0.4, -0.2) is 29.9 Å². The molecule has 0 heterocycles. The second-order valence-corrected chi connectivity index (χ2v) is 10.2. The summed E-state index contributed by atoms with van der Waals surface area (Å²) < 4.78 is 12.2. The monoisotopic (exact) mass is 418 g/mol. The number of esters is 2. The zero-order valence-electron chi connectivity index (χ0n) is 18.6. The maximum absolute atomic E-state index is 12.9. The Morgan fingerprint density at radius 3 is 1.63 bits per heavy atom. The maximum atomic E-state index is 12.9. The number of Topliss-reactive ketones (excluding diaryl/α,β-unsaturated/α-hetero) is 1. The summed E-state index contributed by atoms with van der Waals surface area (Å²) in [4.78, 5) is 38.4. The Balaban J connectivity index is 1.51. The van der Waals surface area contributed by atoms with Crippen LogP contribution in [-0.2, 0) is 23.9 Å². The summed E-state index contributed by atoms with van der Waals surface area (Å²) in [6.07, 6.45) is 11.2. The first-order valence-electron chi connectivity index (χ1n) is 12.4. The Labute approximate surface area is 180 Å². The van der Waals surface area contributed by atoms with Gasteiger partial charge in [0.2, 0.25) is 0 Å². The molecule has 0 aromatic carbocycles. The molecule has 0 radical (unpaired) electrons. The van der Waals surface area contributed by atoms with Crippen molar-refractivity contribution in [2.24, 2.45) is 35.5 Å². The molecule has 5 nitrogen and oxygen atoms in total. The number of carbonyl (C=O) groups excluding carboxylic acids is 3. The molecule has 0 spiro atoms. The second-order valence-electron chi connectivity index (χ2n) is 10.2. The van der Waals surface area contributed by atoms with E-state index >= 15 is 0 Å². The van der Waals surface area contributed by atoms with Gasteiger partial charge >= 0.3 is 11.9 Å². The quantitative estimate of drug-likeness (QED) is 0.577. The molecule has 0 saturated heterocycles. The van der Waals surface area contributed by atoms with Gasteiger partial charge in [-0.1, -0.05) is 51.9 Å². The highest BCUT2D eigenvalue weighted by Gasteiger charge is 2.62. The lowest BCUT2D eigenvalue weighted by Crippen LogP contribution is -2.49. The second kappa shape index (κ2) is 9.40. The molecule has 2 bridgehead atoms. The molecule has 168 valence electrons. The Morgan fingerprint density at radius 2 is 1.20 bits per heavy atom. The number of hydrogen-bond donors (Lipinski definition) is 0. The van der Waals surface area contributed by atoms with Gasteiger partial charge in [-0.05, 0) is 44.9 Å². The topological polar surface area (TPSA) is 69.7 Å². The van der Waals surface area contributed by atoms with Gasteiger partial charge < -0.3 is 9.47 Å². The molecule has 5 heteroatoms. The summed E-state index contributed by atoms with van der Waals surface area (Å²) in [5.74, 6) is 0.156. The minimum absolute atomic E-state index is 0.00542. The van der Waals surface area contributed by atoms with Gasteiger partial charge in [0.15, 0.2) is 0 Å². The highest BCUT2D eigenvalue weighted by atomic mass is 16.6. The molecule has 4 rings (SSSR count). The highest BCUT2D eigenvalue weighted by molar-refractivity contribution is 5.80. The van der Waals surface area contributed by atoms with Gasteiger partial charge in [0.1, 0.15) is 18.0 Å². The van der Waals surface area contributed by atoms with E-state index in [1.807, 2.05) is 0 Å². The fraction of sp³-hybridized carbons (Fsp3) is 0.880. The van der Waals surface area contributed by atoms with E-state index in [4.69, 9.17) is 9.47 Å². The third-order valence-electron chi connectivity index (χ3n) is 8.51. The summed E-state index contributed by atoms with van der Waals surface area (Å²) in [6, 6.07) is 0. The number of ether oxygens (including phenoxy) is 2. The van der Waals surface area contributed by atoms with Crippen LogP contribution in [0.4, 0.5) is 0 Å². The van der Waals surface area contributed by atoms with E-state index in [-0.39, 0.29) is 59.3 Å². The first-order chi connectivity index (χ1) is 14.5. The van der Waals surface area contributed by atoms with Gasteiger partial charge in [-0.3, -0.25) is 14.4 Å². The van der Waals surface area contributed by atoms with Crippen LogP contribution >= 0.6 is 0 Å². The standard InChI is InChI=1S/C25H38O5/c1-3-18-19-14-20(21(18)15(2)26)23(30-25(28)17-12-8-5-9-13-17)22(19)29-24(27)16-10-6-4-7-11-16/h16-23H,3-14H2,1-2H3. The van der Waals surface area contributed by atoms with E-state index in [0.29, 0.717) is 0 Å². The number of carbonyl (C=O) groups is 3. The van der Waals surface area contributed by atoms with Crippen LogP contribution in [0.2, 0.25) is 0 Å². The van der Waals surface area contributed by atoms with E-state index in [9.17, 15) is 14.4 Å². The first-order valence-corrected chi connectivity index (χ1v) is 12.4. The molecule has 4 saturated carbocycles. The maximum Gasteiger partial charge on any atom is 0.309 e. The lowest BCUT2D eigenvalue weighted by atomic mass is 9.73. The minimum atomic E-state index is -0.450. The molecular weight excluding hydrogens is 380 g/mol. The Hall–Kier alpha value is -1.39. The van der Waals surface area contributed by atoms with Crippen molar-refractivity contribution in [1.29, 1.82) is 0 Å². The van der Waals surface area contributed by atoms with Crippen LogP contribution in [0.5, 0.6) is 0 Å². The molecule has 0 aromatic heterocycles. The van der Waals surface area contributed by atoms with E-state index in [1.54, 1.807) is 6.92 Å². The van der Waals surface area contributed by atoms with Crippen LogP contribution < -0.4 is 0 Å². The van der Waals surface area contributed by atoms with E-state index in [0.717, 1.165) is 64.2 Å². The molecule has 0 amide bonds. The van der Waals surface area contributed by atoms with Gasteiger partial charge in [0.05, 0.1) is 11.8 Å². The average molecular weight is 419 g/mol. The van der Waals surface area contributed by atoms with Crippen LogP contribution in [0, 0.1) is 35.5 Å². The minimum Gasteiger partial charge on any atom is -0.458 e. The Bertz CT molecular complexity index is 646. The number of hydrogen-bond acceptors (Lipinski definition) is 5. The fourth-order valence-corrected chi connectivity index (χ4v) is 7.03. The zero-order chi connectivity index (χ0) is 21.3. The van der Waals surface area contributed by atoms with Crippen molar-refractivity contribution in [2.75, 3.05) is 0 Å². The molecule has 6 atom stereocenters. The van der Waals surface area contributed by atoms with Crippen molar-refractivity contribution in [3.8, 4) is 0 Å². The molecule has 30 heavy (non-hydrogen) atoms. The van der Waals surface area contributed by atoms with Crippen LogP contribution in [0.15, 0.2) is 0 Å². The Morgan fingerprint density at radius 1 is 0.733 bits per heavy atom. The van der Waals surface area contributed by atoms with Gasteiger partial charge in [0, 0.05) is 17.8 Å². The molecule has 0 aliphatic heterocycles. The molecule has 4 aliphatic carbocycles. The van der Waals surface area contributed by atoms with Crippen molar-refractivity contribution < 1.29 is 23.9 Å². The van der Waals surface area contributed by atoms with Crippen LogP contribution in [0.1, 0.15) is 90.9 Å². The van der Waals surface area contributed by atoms with Gasteiger partial charge in [-0.2, -0.15) is 0 Å². The third-order valence-corrected chi connectivity index (χ3v) is 8.51. The average Bonchev–Trinajstić information content (AvgIpc) is 3.31. The molecule has 6 unspecified atom stereocenters. The molecule has 0 aromatic rings. The molecule has 4 fully saturated rings. The lowest BCUT2D eigenvalue weighted by molar-refractivity contribution is -0.185. The van der Waals surface area contributed by atoms with E-state index in [2.05, 4.69) is 6.92 Å². The smallest absolute Gasteiger partial charge is 0.309 e. The van der Waals surface area contributed by atoms with E-state index in [1.165, 1.54) is 12.8 Å². The van der Waals surface area contributed by atoms with Gasteiger partial charge in [-0.25, -0.2) is 0 Å². The van der Waals surface area contributed by atoms with Crippen molar-refractivity contribution in [3.05, 3.63) is 0 Å². The molecule has 4 aliphatic rings. The summed E-state index contributed by atoms with van der Waals surface area (Å²) in [5, 5.41) is 0. The lowest BCUT2D eigenvalue weighted by Gasteiger charge is -2.40. The van der Waals surface area contributed by atoms with Crippen LogP contribution in [0.25, 0.3) is 0 Å². The largest absolute Gasteiger partial charge is 0.458 e. The van der Waals surface area contributed by atoms with Crippen molar-refractivity contribution in [2.45, 2.75) is 103 Å². The van der Waals surface area contributed by atoms with E-state index < -0.39 is 6.10 Å². The molecular formula is C25H38O5. The van der Waals surface area contributed by atoms with Crippen molar-refractivity contribution in [1.82, 2.24) is 0 Å². The Kier molecular flexibility index (Phi) is 6.84. The predicted molar refractivity (Wildman–Crippen MR) is 112 cm³/mol. The predicted octanol–water partition coefficient (Wildman–Crippen LogP) is 4.85. The summed E-state index contributed by atoms with van der Waals surface area (Å²) in [6.45, 7) is 3.78. The molecule has 0 N–H and O–H groups in total. The number of rotatable bonds is 6. The van der Waals surface area contributed by atoms with Crippen molar-refractivity contribution >= 4 is 17.7 Å². The first kappa shape index (κ1) is 21.8. The normalized spacial score (nSPS) is 37.1. The van der Waals surface area contributed by atoms with Gasteiger partial charge in [-0.15, -0.1) is 0 Å². The third kappa shape index (κ3) is 4.18. The number of fused-ring (bicyclic) bond motifs is 2. The highest BCUT2D eigenvalue weighted by Crippen LogP contribution is 2.56. The zero-order valence-corrected chi connectivity index (χ0v) is 18.6. The number of ketones is 1. The summed E-state index contributed by atoms with van der Waals surface area (Å²) in [5.41, 5.74) is 0. The fourth-order valence-electron chi connectivity index (χ4n) is 7.03. The SMILES string of the molecule is CCC1C2CC(C(OC(=O)C3CCCCC3)C2OC(=O)C2CCCCC2)C1C(C)=O.